The second-order valence-corrected chi connectivity index (χ2v) is 19.9. The van der Waals surface area contributed by atoms with Crippen LogP contribution in [0.25, 0.3) is 0 Å². The Bertz CT molecular complexity index is 1550. The zero-order chi connectivity index (χ0) is 53.6. The zero-order valence-electron chi connectivity index (χ0n) is 48.1. The Labute approximate surface area is 456 Å². The van der Waals surface area contributed by atoms with Crippen molar-refractivity contribution in [3.05, 3.63) is 122 Å². The van der Waals surface area contributed by atoms with Crippen LogP contribution in [0.2, 0.25) is 0 Å². The average Bonchev–Trinajstić information content (AvgIpc) is 3.40. The fourth-order valence-corrected chi connectivity index (χ4v) is 8.09. The summed E-state index contributed by atoms with van der Waals surface area (Å²) in [5.74, 6) is -0.964. The van der Waals surface area contributed by atoms with E-state index in [-0.39, 0.29) is 37.5 Å². The molecule has 0 saturated carbocycles. The molecular weight excluding hydrogens is 913 g/mol. The van der Waals surface area contributed by atoms with Crippen LogP contribution in [0.15, 0.2) is 122 Å². The van der Waals surface area contributed by atoms with Gasteiger partial charge in [0, 0.05) is 19.3 Å². The van der Waals surface area contributed by atoms with E-state index in [1.165, 1.54) is 103 Å². The Morgan fingerprint density at radius 1 is 0.284 bits per heavy atom. The Hall–Kier alpha value is -4.19. The van der Waals surface area contributed by atoms with Crippen molar-refractivity contribution in [3.63, 3.8) is 0 Å². The molecule has 420 valence electrons. The highest BCUT2D eigenvalue weighted by Gasteiger charge is 2.19. The number of allylic oxidation sites excluding steroid dienone is 20. The standard InChI is InChI=1S/C68H112O6/c1-4-7-10-13-16-19-22-25-27-29-31-33-34-36-37-39-41-43-46-49-52-55-58-61-67(70)73-64-65(63-72-66(69)60-57-54-51-48-45-24-21-18-15-12-9-6-3)74-68(71)62-59-56-53-50-47-44-42-40-38-35-32-30-28-26-23-20-17-14-11-8-5-2/h8,11,17-18,20-22,25-26,28-29,31-32,34-36,40,42,47,50,65H,4-7,9-10,12-16,19,23-24,27,30,33,37-39,41,43-46,48-49,51-64H2,1-3H3/b11-8-,20-17-,21-18-,25-22-,28-26-,31-29-,35-32-,36-34-,42-40-,50-47-. The van der Waals surface area contributed by atoms with E-state index >= 15 is 0 Å². The zero-order valence-corrected chi connectivity index (χ0v) is 48.1. The maximum Gasteiger partial charge on any atom is 0.306 e. The molecule has 0 aliphatic heterocycles. The average molecular weight is 1030 g/mol. The second kappa shape index (κ2) is 61.4. The minimum atomic E-state index is -0.812. The van der Waals surface area contributed by atoms with Crippen LogP contribution < -0.4 is 0 Å². The van der Waals surface area contributed by atoms with Crippen molar-refractivity contribution < 1.29 is 28.6 Å². The van der Waals surface area contributed by atoms with Crippen molar-refractivity contribution in [1.29, 1.82) is 0 Å². The van der Waals surface area contributed by atoms with Crippen LogP contribution in [-0.2, 0) is 28.6 Å². The molecule has 0 aromatic carbocycles. The fraction of sp³-hybridized carbons (Fsp3) is 0.662. The van der Waals surface area contributed by atoms with E-state index < -0.39 is 6.10 Å². The molecular formula is C68H112O6. The van der Waals surface area contributed by atoms with E-state index in [0.717, 1.165) is 122 Å². The number of ether oxygens (including phenoxy) is 3. The highest BCUT2D eigenvalue weighted by atomic mass is 16.6. The van der Waals surface area contributed by atoms with Crippen LogP contribution in [-0.4, -0.2) is 37.2 Å². The molecule has 1 unspecified atom stereocenters. The van der Waals surface area contributed by atoms with E-state index in [9.17, 15) is 14.4 Å². The molecule has 0 spiro atoms. The summed E-state index contributed by atoms with van der Waals surface area (Å²) >= 11 is 0. The molecule has 0 N–H and O–H groups in total. The Morgan fingerprint density at radius 2 is 0.527 bits per heavy atom. The van der Waals surface area contributed by atoms with Crippen LogP contribution in [0.1, 0.15) is 271 Å². The minimum Gasteiger partial charge on any atom is -0.462 e. The van der Waals surface area contributed by atoms with Gasteiger partial charge in [0.15, 0.2) is 6.10 Å². The molecule has 0 aromatic heterocycles. The molecule has 0 aromatic rings. The first-order valence-electron chi connectivity index (χ1n) is 30.5. The van der Waals surface area contributed by atoms with Crippen molar-refractivity contribution in [3.8, 4) is 0 Å². The second-order valence-electron chi connectivity index (χ2n) is 19.9. The Morgan fingerprint density at radius 3 is 0.892 bits per heavy atom. The van der Waals surface area contributed by atoms with Crippen molar-refractivity contribution in [1.82, 2.24) is 0 Å². The van der Waals surface area contributed by atoms with Crippen molar-refractivity contribution in [2.75, 3.05) is 13.2 Å². The monoisotopic (exact) mass is 1020 g/mol. The first-order valence-corrected chi connectivity index (χ1v) is 30.5. The first kappa shape index (κ1) is 69.8. The van der Waals surface area contributed by atoms with Gasteiger partial charge in [0.1, 0.15) is 13.2 Å². The largest absolute Gasteiger partial charge is 0.462 e. The number of carbonyl (C=O) groups excluding carboxylic acids is 3. The molecule has 0 saturated heterocycles. The molecule has 0 aliphatic rings. The number of hydrogen-bond acceptors (Lipinski definition) is 6. The molecule has 0 fully saturated rings. The number of rotatable bonds is 54. The van der Waals surface area contributed by atoms with Crippen LogP contribution in [0.3, 0.4) is 0 Å². The molecule has 6 heteroatoms. The Balaban J connectivity index is 4.44. The summed E-state index contributed by atoms with van der Waals surface area (Å²) in [6.07, 6.45) is 84.8. The SMILES string of the molecule is CC/C=C\C/C=C\C/C=C\C/C=C\C/C=C\C/C=C\CCCCC(=O)OC(COC(=O)CCCCCCC/C=C\CCCCC)COC(=O)CCCCCCCCCC/C=C\C/C=C\C/C=C\CCCCCCC. The fourth-order valence-electron chi connectivity index (χ4n) is 8.09. The number of carbonyl (C=O) groups is 3. The van der Waals surface area contributed by atoms with Gasteiger partial charge in [0.05, 0.1) is 0 Å². The Kier molecular flexibility index (Phi) is 57.9. The summed E-state index contributed by atoms with van der Waals surface area (Å²) < 4.78 is 16.8. The van der Waals surface area contributed by atoms with Gasteiger partial charge >= 0.3 is 17.9 Å². The number of esters is 3. The third kappa shape index (κ3) is 58.7. The first-order chi connectivity index (χ1) is 36.5. The lowest BCUT2D eigenvalue weighted by Crippen LogP contribution is -2.30. The van der Waals surface area contributed by atoms with Gasteiger partial charge in [-0.15, -0.1) is 0 Å². The van der Waals surface area contributed by atoms with Gasteiger partial charge in [-0.05, 0) is 135 Å². The number of hydrogen-bond donors (Lipinski definition) is 0. The van der Waals surface area contributed by atoms with Gasteiger partial charge in [-0.1, -0.05) is 239 Å². The summed E-state index contributed by atoms with van der Waals surface area (Å²) in [7, 11) is 0. The van der Waals surface area contributed by atoms with Gasteiger partial charge < -0.3 is 14.2 Å². The van der Waals surface area contributed by atoms with Crippen molar-refractivity contribution in [2.24, 2.45) is 0 Å². The van der Waals surface area contributed by atoms with E-state index in [1.54, 1.807) is 0 Å². The molecule has 0 aliphatic carbocycles. The molecule has 0 bridgehead atoms. The van der Waals surface area contributed by atoms with Crippen LogP contribution >= 0.6 is 0 Å². The highest BCUT2D eigenvalue weighted by molar-refractivity contribution is 5.71. The predicted octanol–water partition coefficient (Wildman–Crippen LogP) is 20.8. The summed E-state index contributed by atoms with van der Waals surface area (Å²) in [4.78, 5) is 38.2. The lowest BCUT2D eigenvalue weighted by Gasteiger charge is -2.18. The molecule has 0 heterocycles. The van der Waals surface area contributed by atoms with Gasteiger partial charge in [0.2, 0.25) is 0 Å². The third-order valence-corrected chi connectivity index (χ3v) is 12.7. The van der Waals surface area contributed by atoms with Gasteiger partial charge in [-0.25, -0.2) is 0 Å². The smallest absolute Gasteiger partial charge is 0.306 e. The predicted molar refractivity (Wildman–Crippen MR) is 320 cm³/mol. The van der Waals surface area contributed by atoms with E-state index in [1.807, 2.05) is 0 Å². The maximum absolute atomic E-state index is 12.9. The van der Waals surface area contributed by atoms with Gasteiger partial charge in [0.25, 0.3) is 0 Å². The van der Waals surface area contributed by atoms with E-state index in [4.69, 9.17) is 14.2 Å². The maximum atomic E-state index is 12.9. The topological polar surface area (TPSA) is 78.9 Å². The van der Waals surface area contributed by atoms with Crippen LogP contribution in [0.5, 0.6) is 0 Å². The summed E-state index contributed by atoms with van der Waals surface area (Å²) in [5, 5.41) is 0. The molecule has 6 nitrogen and oxygen atoms in total. The highest BCUT2D eigenvalue weighted by Crippen LogP contribution is 2.14. The van der Waals surface area contributed by atoms with E-state index in [0.29, 0.717) is 19.3 Å². The third-order valence-electron chi connectivity index (χ3n) is 12.7. The summed E-state index contributed by atoms with van der Waals surface area (Å²) in [5.41, 5.74) is 0. The lowest BCUT2D eigenvalue weighted by atomic mass is 10.1. The summed E-state index contributed by atoms with van der Waals surface area (Å²) in [6, 6.07) is 0. The normalized spacial score (nSPS) is 13.0. The van der Waals surface area contributed by atoms with Gasteiger partial charge in [-0.2, -0.15) is 0 Å². The number of unbranched alkanes of at least 4 members (excludes halogenated alkanes) is 23. The van der Waals surface area contributed by atoms with Crippen LogP contribution in [0, 0.1) is 0 Å². The quantitative estimate of drug-likeness (QED) is 0.0261. The van der Waals surface area contributed by atoms with Gasteiger partial charge in [-0.3, -0.25) is 14.4 Å². The lowest BCUT2D eigenvalue weighted by molar-refractivity contribution is -0.167. The van der Waals surface area contributed by atoms with Crippen molar-refractivity contribution in [2.45, 2.75) is 277 Å². The molecule has 0 rings (SSSR count). The summed E-state index contributed by atoms with van der Waals surface area (Å²) in [6.45, 7) is 6.44. The van der Waals surface area contributed by atoms with Crippen LogP contribution in [0.4, 0.5) is 0 Å². The molecule has 0 amide bonds. The minimum absolute atomic E-state index is 0.105. The molecule has 0 radical (unpaired) electrons. The molecule has 1 atom stereocenters. The molecule has 74 heavy (non-hydrogen) atoms. The van der Waals surface area contributed by atoms with Crippen molar-refractivity contribution >= 4 is 17.9 Å². The van der Waals surface area contributed by atoms with E-state index in [2.05, 4.69) is 142 Å².